The molecule has 2 aromatic carbocycles. The molecule has 0 spiro atoms. The smallest absolute Gasteiger partial charge is 0.433 e. The fraction of sp³-hybridized carbons (Fsp3) is 0.154. The number of carbonyl (C=O) groups is 1. The Morgan fingerprint density at radius 1 is 1.08 bits per heavy atom. The summed E-state index contributed by atoms with van der Waals surface area (Å²) in [6.45, 7) is 1.87. The van der Waals surface area contributed by atoms with E-state index in [2.05, 4.69) is 20.5 Å². The molecule has 0 atom stereocenters. The van der Waals surface area contributed by atoms with Gasteiger partial charge in [0.05, 0.1) is 25.5 Å². The lowest BCUT2D eigenvalue weighted by molar-refractivity contribution is -0.142. The van der Waals surface area contributed by atoms with Crippen LogP contribution in [0, 0.1) is 12.7 Å². The highest BCUT2D eigenvalue weighted by molar-refractivity contribution is 6.07. The third-order valence-corrected chi connectivity index (χ3v) is 5.89. The van der Waals surface area contributed by atoms with Crippen LogP contribution >= 0.6 is 0 Å². The van der Waals surface area contributed by atoms with Crippen molar-refractivity contribution in [1.82, 2.24) is 24.4 Å². The number of benzene rings is 2. The molecule has 1 amide bonds. The van der Waals surface area contributed by atoms with Gasteiger partial charge in [0.15, 0.2) is 17.2 Å². The highest BCUT2D eigenvalue weighted by atomic mass is 19.4. The monoisotopic (exact) mass is 524 g/mol. The molecule has 12 heteroatoms. The van der Waals surface area contributed by atoms with Gasteiger partial charge in [-0.3, -0.25) is 9.48 Å². The van der Waals surface area contributed by atoms with E-state index >= 15 is 0 Å². The number of alkyl halides is 3. The molecule has 0 aliphatic heterocycles. The van der Waals surface area contributed by atoms with E-state index in [1.807, 2.05) is 0 Å². The molecule has 0 aliphatic rings. The van der Waals surface area contributed by atoms with Gasteiger partial charge in [-0.1, -0.05) is 18.2 Å². The number of aromatic nitrogens is 5. The standard InChI is InChI=1S/C26H20F4N6O2/c1-15-11-23(34-35(15)14-17-5-3-4-6-20(17)27)33-25(37)19-13-31-36-22(26(28,29)30)12-21(32-24(19)36)16-7-9-18(38-2)10-8-16/h3-13H,14H2,1-2H3,(H,33,34,37). The van der Waals surface area contributed by atoms with Crippen LogP contribution in [0.2, 0.25) is 0 Å². The molecule has 5 rings (SSSR count). The van der Waals surface area contributed by atoms with Crippen molar-refractivity contribution >= 4 is 17.4 Å². The minimum Gasteiger partial charge on any atom is -0.497 e. The summed E-state index contributed by atoms with van der Waals surface area (Å²) in [6, 6.07) is 15.0. The normalized spacial score (nSPS) is 11.6. The molecule has 8 nitrogen and oxygen atoms in total. The SMILES string of the molecule is COc1ccc(-c2cc(C(F)(F)F)n3ncc(C(=O)Nc4cc(C)n(Cc5ccccc5F)n4)c3n2)cc1. The van der Waals surface area contributed by atoms with Crippen molar-refractivity contribution in [1.29, 1.82) is 0 Å². The Morgan fingerprint density at radius 3 is 2.50 bits per heavy atom. The maximum absolute atomic E-state index is 14.1. The highest BCUT2D eigenvalue weighted by Gasteiger charge is 2.36. The van der Waals surface area contributed by atoms with Crippen molar-refractivity contribution in [2.24, 2.45) is 0 Å². The van der Waals surface area contributed by atoms with E-state index in [1.54, 1.807) is 55.5 Å². The number of halogens is 4. The quantitative estimate of drug-likeness (QED) is 0.302. The number of nitrogens with one attached hydrogen (secondary N) is 1. The van der Waals surface area contributed by atoms with Crippen molar-refractivity contribution in [2.45, 2.75) is 19.6 Å². The van der Waals surface area contributed by atoms with Crippen LogP contribution in [0.3, 0.4) is 0 Å². The molecule has 1 N–H and O–H groups in total. The molecule has 0 saturated heterocycles. The Morgan fingerprint density at radius 2 is 1.82 bits per heavy atom. The zero-order valence-corrected chi connectivity index (χ0v) is 20.1. The van der Waals surface area contributed by atoms with E-state index in [-0.39, 0.29) is 29.3 Å². The highest BCUT2D eigenvalue weighted by Crippen LogP contribution is 2.33. The molecule has 0 bridgehead atoms. The van der Waals surface area contributed by atoms with Crippen molar-refractivity contribution in [3.8, 4) is 17.0 Å². The molecule has 0 aliphatic carbocycles. The van der Waals surface area contributed by atoms with Crippen molar-refractivity contribution in [3.05, 3.63) is 95.2 Å². The molecule has 0 saturated carbocycles. The number of amides is 1. The molecule has 38 heavy (non-hydrogen) atoms. The third kappa shape index (κ3) is 4.80. The van der Waals surface area contributed by atoms with E-state index in [4.69, 9.17) is 4.74 Å². The van der Waals surface area contributed by atoms with Gasteiger partial charge in [0.1, 0.15) is 17.1 Å². The second kappa shape index (κ2) is 9.61. The molecular formula is C26H20F4N6O2. The fourth-order valence-electron chi connectivity index (χ4n) is 3.94. The first-order valence-electron chi connectivity index (χ1n) is 11.3. The molecule has 3 aromatic heterocycles. The number of hydrogen-bond donors (Lipinski definition) is 1. The maximum atomic E-state index is 14.1. The maximum Gasteiger partial charge on any atom is 0.433 e. The molecule has 194 valence electrons. The Kier molecular flexibility index (Phi) is 6.31. The number of nitrogens with zero attached hydrogens (tertiary/aromatic N) is 5. The predicted molar refractivity (Wildman–Crippen MR) is 130 cm³/mol. The van der Waals surface area contributed by atoms with Crippen LogP contribution in [0.4, 0.5) is 23.4 Å². The summed E-state index contributed by atoms with van der Waals surface area (Å²) in [6.07, 6.45) is -3.74. The number of rotatable bonds is 6. The van der Waals surface area contributed by atoms with Gasteiger partial charge in [0.2, 0.25) is 0 Å². The molecule has 0 radical (unpaired) electrons. The van der Waals surface area contributed by atoms with Crippen molar-refractivity contribution in [3.63, 3.8) is 0 Å². The number of ether oxygens (including phenoxy) is 1. The number of carbonyl (C=O) groups excluding carboxylic acids is 1. The number of anilines is 1. The summed E-state index contributed by atoms with van der Waals surface area (Å²) in [5.41, 5.74) is -0.0760. The topological polar surface area (TPSA) is 86.3 Å². The van der Waals surface area contributed by atoms with E-state index in [0.717, 1.165) is 12.3 Å². The lowest BCUT2D eigenvalue weighted by Crippen LogP contribution is -2.16. The van der Waals surface area contributed by atoms with Crippen molar-refractivity contribution in [2.75, 3.05) is 12.4 Å². The van der Waals surface area contributed by atoms with Gasteiger partial charge in [-0.25, -0.2) is 13.9 Å². The van der Waals surface area contributed by atoms with Gasteiger partial charge in [-0.15, -0.1) is 0 Å². The van der Waals surface area contributed by atoms with E-state index < -0.39 is 23.6 Å². The molecular weight excluding hydrogens is 504 g/mol. The molecule has 3 heterocycles. The van der Waals surface area contributed by atoms with Gasteiger partial charge < -0.3 is 10.1 Å². The lowest BCUT2D eigenvalue weighted by Gasteiger charge is -2.12. The number of methoxy groups -OCH3 is 1. The summed E-state index contributed by atoms with van der Waals surface area (Å²) >= 11 is 0. The minimum absolute atomic E-state index is 0.00652. The first-order valence-corrected chi connectivity index (χ1v) is 11.3. The summed E-state index contributed by atoms with van der Waals surface area (Å²) in [4.78, 5) is 17.4. The van der Waals surface area contributed by atoms with Crippen LogP contribution in [0.25, 0.3) is 16.9 Å². The van der Waals surface area contributed by atoms with E-state index in [0.29, 0.717) is 27.1 Å². The first-order chi connectivity index (χ1) is 18.1. The second-order valence-electron chi connectivity index (χ2n) is 8.42. The number of hydrogen-bond acceptors (Lipinski definition) is 5. The van der Waals surface area contributed by atoms with Gasteiger partial charge in [0.25, 0.3) is 5.91 Å². The van der Waals surface area contributed by atoms with E-state index in [9.17, 15) is 22.4 Å². The van der Waals surface area contributed by atoms with Crippen LogP contribution in [0.15, 0.2) is 66.9 Å². The van der Waals surface area contributed by atoms with Crippen LogP contribution in [-0.4, -0.2) is 37.4 Å². The Labute approximate surface area is 213 Å². The molecule has 0 unspecified atom stereocenters. The predicted octanol–water partition coefficient (Wildman–Crippen LogP) is 5.37. The minimum atomic E-state index is -4.76. The van der Waals surface area contributed by atoms with Gasteiger partial charge in [-0.2, -0.15) is 23.4 Å². The summed E-state index contributed by atoms with van der Waals surface area (Å²) in [5, 5.41) is 10.7. The molecule has 5 aromatic rings. The Hall–Kier alpha value is -4.74. The van der Waals surface area contributed by atoms with Gasteiger partial charge >= 0.3 is 6.18 Å². The number of fused-ring (bicyclic) bond motifs is 1. The summed E-state index contributed by atoms with van der Waals surface area (Å²) in [7, 11) is 1.47. The Bertz CT molecular complexity index is 1640. The van der Waals surface area contributed by atoms with Crippen LogP contribution in [0.5, 0.6) is 5.75 Å². The number of aryl methyl sites for hydroxylation is 1. The summed E-state index contributed by atoms with van der Waals surface area (Å²) < 4.78 is 62.9. The zero-order valence-electron chi connectivity index (χ0n) is 20.1. The van der Waals surface area contributed by atoms with Gasteiger partial charge in [0, 0.05) is 22.9 Å². The van der Waals surface area contributed by atoms with E-state index in [1.165, 1.54) is 17.9 Å². The summed E-state index contributed by atoms with van der Waals surface area (Å²) in [5.74, 6) is -0.466. The average molecular weight is 524 g/mol. The van der Waals surface area contributed by atoms with Gasteiger partial charge in [-0.05, 0) is 43.3 Å². The Balaban J connectivity index is 1.49. The first kappa shape index (κ1) is 24.9. The van der Waals surface area contributed by atoms with Crippen molar-refractivity contribution < 1.29 is 27.1 Å². The molecule has 0 fully saturated rings. The fourth-order valence-corrected chi connectivity index (χ4v) is 3.94. The largest absolute Gasteiger partial charge is 0.497 e. The second-order valence-corrected chi connectivity index (χ2v) is 8.42. The van der Waals surface area contributed by atoms with Crippen LogP contribution in [-0.2, 0) is 12.7 Å². The zero-order chi connectivity index (χ0) is 27.0. The van der Waals surface area contributed by atoms with Crippen LogP contribution in [0.1, 0.15) is 27.3 Å². The lowest BCUT2D eigenvalue weighted by atomic mass is 10.1. The third-order valence-electron chi connectivity index (χ3n) is 5.89. The van der Waals surface area contributed by atoms with Crippen LogP contribution < -0.4 is 10.1 Å². The average Bonchev–Trinajstić information content (AvgIpc) is 3.47.